The molecule has 94 valence electrons. The van der Waals surface area contributed by atoms with Crippen molar-refractivity contribution in [1.82, 2.24) is 4.98 Å². The van der Waals surface area contributed by atoms with Crippen LogP contribution in [0.5, 0.6) is 5.75 Å². The summed E-state index contributed by atoms with van der Waals surface area (Å²) in [4.78, 5) is 4.17. The molecule has 3 nitrogen and oxygen atoms in total. The number of hydrogen-bond acceptors (Lipinski definition) is 3. The molecule has 0 fully saturated rings. The van der Waals surface area contributed by atoms with Gasteiger partial charge in [0.25, 0.3) is 0 Å². The number of anilines is 1. The van der Waals surface area contributed by atoms with E-state index in [-0.39, 0.29) is 0 Å². The molecule has 0 unspecified atom stereocenters. The number of nitrogens with zero attached hydrogens (tertiary/aromatic N) is 1. The summed E-state index contributed by atoms with van der Waals surface area (Å²) in [5.74, 6) is 1.68. The number of benzene rings is 1. The van der Waals surface area contributed by atoms with E-state index in [2.05, 4.69) is 16.4 Å². The van der Waals surface area contributed by atoms with E-state index >= 15 is 0 Å². The molecular weight excluding hydrogens is 248 g/mol. The van der Waals surface area contributed by atoms with E-state index in [9.17, 15) is 0 Å². The first-order chi connectivity index (χ1) is 8.78. The first-order valence-electron chi connectivity index (χ1n) is 5.77. The summed E-state index contributed by atoms with van der Waals surface area (Å²) < 4.78 is 5.18. The van der Waals surface area contributed by atoms with Crippen molar-refractivity contribution in [2.75, 3.05) is 19.0 Å². The van der Waals surface area contributed by atoms with Gasteiger partial charge >= 0.3 is 0 Å². The second kappa shape index (κ2) is 6.26. The van der Waals surface area contributed by atoms with Gasteiger partial charge in [-0.25, -0.2) is 4.98 Å². The average Bonchev–Trinajstić information content (AvgIpc) is 2.39. The van der Waals surface area contributed by atoms with Gasteiger partial charge in [0.1, 0.15) is 16.7 Å². The lowest BCUT2D eigenvalue weighted by Gasteiger charge is -2.07. The van der Waals surface area contributed by atoms with Crippen LogP contribution in [0, 0.1) is 0 Å². The quantitative estimate of drug-likeness (QED) is 0.839. The van der Waals surface area contributed by atoms with Crippen molar-refractivity contribution >= 4 is 17.4 Å². The Kier molecular flexibility index (Phi) is 4.42. The molecule has 0 amide bonds. The van der Waals surface area contributed by atoms with Gasteiger partial charge < -0.3 is 10.1 Å². The minimum absolute atomic E-state index is 0.501. The van der Waals surface area contributed by atoms with Gasteiger partial charge in [-0.05, 0) is 36.2 Å². The smallest absolute Gasteiger partial charge is 0.131 e. The van der Waals surface area contributed by atoms with Crippen LogP contribution < -0.4 is 10.1 Å². The van der Waals surface area contributed by atoms with Crippen LogP contribution >= 0.6 is 11.6 Å². The molecule has 0 saturated carbocycles. The fourth-order valence-electron chi connectivity index (χ4n) is 1.67. The summed E-state index contributed by atoms with van der Waals surface area (Å²) >= 11 is 5.81. The van der Waals surface area contributed by atoms with Crippen LogP contribution in [0.2, 0.25) is 5.15 Å². The SMILES string of the molecule is COc1cccc(CCNc2cccc(Cl)n2)c1. The Morgan fingerprint density at radius 1 is 1.22 bits per heavy atom. The standard InChI is InChI=1S/C14H15ClN2O/c1-18-12-5-2-4-11(10-12)8-9-16-14-7-3-6-13(15)17-14/h2-7,10H,8-9H2,1H3,(H,16,17). The third kappa shape index (κ3) is 3.64. The number of nitrogens with one attached hydrogen (secondary N) is 1. The largest absolute Gasteiger partial charge is 0.497 e. The maximum atomic E-state index is 5.81. The van der Waals surface area contributed by atoms with Crippen molar-refractivity contribution in [3.8, 4) is 5.75 Å². The number of ether oxygens (including phenoxy) is 1. The number of halogens is 1. The lowest BCUT2D eigenvalue weighted by atomic mass is 10.1. The summed E-state index contributed by atoms with van der Waals surface area (Å²) in [6.07, 6.45) is 0.908. The van der Waals surface area contributed by atoms with E-state index in [1.54, 1.807) is 13.2 Å². The van der Waals surface area contributed by atoms with Crippen molar-refractivity contribution in [1.29, 1.82) is 0 Å². The molecule has 0 aliphatic rings. The minimum Gasteiger partial charge on any atom is -0.497 e. The van der Waals surface area contributed by atoms with Gasteiger partial charge in [0, 0.05) is 6.54 Å². The molecule has 1 heterocycles. The number of pyridine rings is 1. The number of methoxy groups -OCH3 is 1. The van der Waals surface area contributed by atoms with Crippen molar-refractivity contribution in [3.63, 3.8) is 0 Å². The van der Waals surface area contributed by atoms with E-state index in [4.69, 9.17) is 16.3 Å². The highest BCUT2D eigenvalue weighted by Crippen LogP contribution is 2.13. The molecule has 0 atom stereocenters. The lowest BCUT2D eigenvalue weighted by Crippen LogP contribution is -2.06. The number of rotatable bonds is 5. The predicted molar refractivity (Wildman–Crippen MR) is 74.4 cm³/mol. The molecular formula is C14H15ClN2O. The van der Waals surface area contributed by atoms with Crippen molar-refractivity contribution in [2.24, 2.45) is 0 Å². The van der Waals surface area contributed by atoms with Crippen LogP contribution in [0.15, 0.2) is 42.5 Å². The third-order valence-electron chi connectivity index (χ3n) is 2.57. The highest BCUT2D eigenvalue weighted by Gasteiger charge is 1.97. The van der Waals surface area contributed by atoms with Crippen molar-refractivity contribution in [2.45, 2.75) is 6.42 Å². The second-order valence-electron chi connectivity index (χ2n) is 3.87. The van der Waals surface area contributed by atoms with Gasteiger partial charge in [0.2, 0.25) is 0 Å². The predicted octanol–water partition coefficient (Wildman–Crippen LogP) is 3.40. The Morgan fingerprint density at radius 3 is 2.83 bits per heavy atom. The fraction of sp³-hybridized carbons (Fsp3) is 0.214. The van der Waals surface area contributed by atoms with Gasteiger partial charge in [-0.3, -0.25) is 0 Å². The van der Waals surface area contributed by atoms with E-state index in [1.165, 1.54) is 5.56 Å². The molecule has 0 spiro atoms. The molecule has 2 rings (SSSR count). The van der Waals surface area contributed by atoms with Crippen LogP contribution in [0.1, 0.15) is 5.56 Å². The van der Waals surface area contributed by atoms with E-state index in [1.807, 2.05) is 30.3 Å². The van der Waals surface area contributed by atoms with E-state index < -0.39 is 0 Å². The molecule has 0 bridgehead atoms. The van der Waals surface area contributed by atoms with Crippen LogP contribution in [0.3, 0.4) is 0 Å². The van der Waals surface area contributed by atoms with Crippen molar-refractivity contribution < 1.29 is 4.74 Å². The zero-order chi connectivity index (χ0) is 12.8. The molecule has 0 aliphatic heterocycles. The Morgan fingerprint density at radius 2 is 2.06 bits per heavy atom. The van der Waals surface area contributed by atoms with Crippen LogP contribution in [-0.4, -0.2) is 18.6 Å². The molecule has 18 heavy (non-hydrogen) atoms. The summed E-state index contributed by atoms with van der Waals surface area (Å²) in [6, 6.07) is 13.6. The first kappa shape index (κ1) is 12.7. The lowest BCUT2D eigenvalue weighted by molar-refractivity contribution is 0.414. The molecule has 0 aliphatic carbocycles. The average molecular weight is 263 g/mol. The van der Waals surface area contributed by atoms with Crippen LogP contribution in [0.25, 0.3) is 0 Å². The topological polar surface area (TPSA) is 34.1 Å². The molecule has 0 radical (unpaired) electrons. The van der Waals surface area contributed by atoms with Crippen LogP contribution in [-0.2, 0) is 6.42 Å². The Hall–Kier alpha value is -1.74. The summed E-state index contributed by atoms with van der Waals surface area (Å²) in [6.45, 7) is 0.806. The molecule has 4 heteroatoms. The van der Waals surface area contributed by atoms with Gasteiger partial charge in [0.05, 0.1) is 7.11 Å². The zero-order valence-corrected chi connectivity index (χ0v) is 10.9. The highest BCUT2D eigenvalue weighted by atomic mass is 35.5. The normalized spacial score (nSPS) is 10.1. The van der Waals surface area contributed by atoms with Crippen LogP contribution in [0.4, 0.5) is 5.82 Å². The summed E-state index contributed by atoms with van der Waals surface area (Å²) in [5, 5.41) is 3.74. The monoisotopic (exact) mass is 262 g/mol. The Labute approximate surface area is 112 Å². The molecule has 1 N–H and O–H groups in total. The Bertz CT molecular complexity index is 517. The summed E-state index contributed by atoms with van der Waals surface area (Å²) in [7, 11) is 1.67. The minimum atomic E-state index is 0.501. The highest BCUT2D eigenvalue weighted by molar-refractivity contribution is 6.29. The molecule has 1 aromatic carbocycles. The van der Waals surface area contributed by atoms with E-state index in [0.29, 0.717) is 5.15 Å². The van der Waals surface area contributed by atoms with Gasteiger partial charge in [0.15, 0.2) is 0 Å². The molecule has 2 aromatic rings. The number of aromatic nitrogens is 1. The first-order valence-corrected chi connectivity index (χ1v) is 6.15. The summed E-state index contributed by atoms with van der Waals surface area (Å²) in [5.41, 5.74) is 1.23. The molecule has 0 saturated heterocycles. The van der Waals surface area contributed by atoms with Gasteiger partial charge in [-0.2, -0.15) is 0 Å². The maximum Gasteiger partial charge on any atom is 0.131 e. The third-order valence-corrected chi connectivity index (χ3v) is 2.78. The fourth-order valence-corrected chi connectivity index (χ4v) is 1.83. The van der Waals surface area contributed by atoms with Gasteiger partial charge in [-0.1, -0.05) is 29.8 Å². The van der Waals surface area contributed by atoms with E-state index in [0.717, 1.165) is 24.5 Å². The zero-order valence-electron chi connectivity index (χ0n) is 10.2. The number of hydrogen-bond donors (Lipinski definition) is 1. The maximum absolute atomic E-state index is 5.81. The molecule has 1 aromatic heterocycles. The Balaban J connectivity index is 1.88. The van der Waals surface area contributed by atoms with Crippen molar-refractivity contribution in [3.05, 3.63) is 53.2 Å². The second-order valence-corrected chi connectivity index (χ2v) is 4.26. The van der Waals surface area contributed by atoms with Gasteiger partial charge in [-0.15, -0.1) is 0 Å².